The van der Waals surface area contributed by atoms with Crippen molar-refractivity contribution in [1.29, 1.82) is 0 Å². The molecule has 0 saturated carbocycles. The van der Waals surface area contributed by atoms with Crippen LogP contribution in [-0.2, 0) is 11.2 Å². The Morgan fingerprint density at radius 3 is 2.50 bits per heavy atom. The zero-order valence-corrected chi connectivity index (χ0v) is 14.8. The number of benzene rings is 1. The number of hydrogen-bond acceptors (Lipinski definition) is 4. The summed E-state index contributed by atoms with van der Waals surface area (Å²) in [6.45, 7) is 0.681. The summed E-state index contributed by atoms with van der Waals surface area (Å²) in [5.41, 5.74) is 2.25. The zero-order chi connectivity index (χ0) is 17.4. The molecule has 0 aromatic heterocycles. The lowest BCUT2D eigenvalue weighted by Gasteiger charge is -2.16. The minimum Gasteiger partial charge on any atom is -0.493 e. The van der Waals surface area contributed by atoms with Crippen molar-refractivity contribution in [2.75, 3.05) is 27.9 Å². The molecule has 0 aliphatic heterocycles. The predicted octanol–water partition coefficient (Wildman–Crippen LogP) is 3.26. The fraction of sp³-hybridized carbons (Fsp3) is 0.526. The maximum Gasteiger partial charge on any atom is 0.224 e. The number of allylic oxidation sites excluding steroid dienone is 1. The van der Waals surface area contributed by atoms with Gasteiger partial charge in [-0.25, -0.2) is 0 Å². The van der Waals surface area contributed by atoms with Crippen molar-refractivity contribution in [3.05, 3.63) is 29.3 Å². The molecule has 1 aliphatic carbocycles. The van der Waals surface area contributed by atoms with Crippen LogP contribution in [0.5, 0.6) is 17.2 Å². The molecule has 5 nitrogen and oxygen atoms in total. The van der Waals surface area contributed by atoms with Crippen molar-refractivity contribution in [3.63, 3.8) is 0 Å². The van der Waals surface area contributed by atoms with Crippen LogP contribution < -0.4 is 19.5 Å². The Bertz CT molecular complexity index is 595. The lowest BCUT2D eigenvalue weighted by atomic mass is 9.97. The molecule has 1 aromatic carbocycles. The number of carbonyl (C=O) groups excluding carboxylic acids is 1. The van der Waals surface area contributed by atoms with Crippen LogP contribution in [0.25, 0.3) is 0 Å². The van der Waals surface area contributed by atoms with Gasteiger partial charge in [-0.05, 0) is 38.2 Å². The Morgan fingerprint density at radius 1 is 1.08 bits per heavy atom. The normalized spacial score (nSPS) is 13.9. The topological polar surface area (TPSA) is 56.8 Å². The first-order valence-corrected chi connectivity index (χ1v) is 8.42. The van der Waals surface area contributed by atoms with Crippen LogP contribution in [0.1, 0.15) is 37.7 Å². The van der Waals surface area contributed by atoms with E-state index in [1.807, 2.05) is 6.07 Å². The number of amides is 1. The maximum absolute atomic E-state index is 12.2. The molecule has 24 heavy (non-hydrogen) atoms. The summed E-state index contributed by atoms with van der Waals surface area (Å²) in [6.07, 6.45) is 8.40. The summed E-state index contributed by atoms with van der Waals surface area (Å²) in [5, 5.41) is 2.99. The smallest absolute Gasteiger partial charge is 0.224 e. The molecule has 0 atom stereocenters. The summed E-state index contributed by atoms with van der Waals surface area (Å²) in [7, 11) is 4.69. The number of carbonyl (C=O) groups is 1. The largest absolute Gasteiger partial charge is 0.493 e. The molecule has 0 unspecified atom stereocenters. The van der Waals surface area contributed by atoms with Gasteiger partial charge in [0.25, 0.3) is 0 Å². The molecule has 0 heterocycles. The van der Waals surface area contributed by atoms with Crippen LogP contribution in [0.3, 0.4) is 0 Å². The fourth-order valence-corrected chi connectivity index (χ4v) is 3.03. The van der Waals surface area contributed by atoms with Gasteiger partial charge in [-0.1, -0.05) is 17.7 Å². The molecule has 0 radical (unpaired) electrons. The Morgan fingerprint density at radius 2 is 1.88 bits per heavy atom. The second-order valence-electron chi connectivity index (χ2n) is 5.88. The molecule has 2 rings (SSSR count). The Hall–Kier alpha value is -2.17. The van der Waals surface area contributed by atoms with Crippen molar-refractivity contribution in [1.82, 2.24) is 5.32 Å². The number of ether oxygens (including phenoxy) is 3. The Kier molecular flexibility index (Phi) is 6.97. The lowest BCUT2D eigenvalue weighted by molar-refractivity contribution is -0.120. The third-order valence-electron chi connectivity index (χ3n) is 4.29. The molecule has 1 aromatic rings. The van der Waals surface area contributed by atoms with E-state index in [0.29, 0.717) is 23.8 Å². The second kappa shape index (κ2) is 9.21. The van der Waals surface area contributed by atoms with Gasteiger partial charge >= 0.3 is 0 Å². The summed E-state index contributed by atoms with van der Waals surface area (Å²) in [4.78, 5) is 12.2. The first kappa shape index (κ1) is 18.2. The third kappa shape index (κ3) is 4.66. The van der Waals surface area contributed by atoms with E-state index in [-0.39, 0.29) is 12.3 Å². The molecular weight excluding hydrogens is 306 g/mol. The van der Waals surface area contributed by atoms with Crippen molar-refractivity contribution >= 4 is 5.91 Å². The van der Waals surface area contributed by atoms with Gasteiger partial charge in [-0.3, -0.25) is 4.79 Å². The van der Waals surface area contributed by atoms with Crippen LogP contribution in [-0.4, -0.2) is 33.8 Å². The van der Waals surface area contributed by atoms with E-state index >= 15 is 0 Å². The molecule has 1 amide bonds. The zero-order valence-electron chi connectivity index (χ0n) is 14.8. The average Bonchev–Trinajstić information content (AvgIpc) is 2.62. The summed E-state index contributed by atoms with van der Waals surface area (Å²) >= 11 is 0. The number of hydrogen-bond donors (Lipinski definition) is 1. The highest BCUT2D eigenvalue weighted by molar-refractivity contribution is 5.80. The van der Waals surface area contributed by atoms with Gasteiger partial charge in [-0.2, -0.15) is 0 Å². The summed E-state index contributed by atoms with van der Waals surface area (Å²) in [5.74, 6) is 1.62. The van der Waals surface area contributed by atoms with E-state index < -0.39 is 0 Å². The van der Waals surface area contributed by atoms with Gasteiger partial charge in [0.05, 0.1) is 27.8 Å². The van der Waals surface area contributed by atoms with Gasteiger partial charge in [0, 0.05) is 12.1 Å². The standard InChI is InChI=1S/C19H27NO4/c1-22-16-10-9-15(18(23-2)19(16)24-3)13-17(21)20-12-11-14-7-5-4-6-8-14/h7,9-10H,4-6,8,11-13H2,1-3H3,(H,20,21). The van der Waals surface area contributed by atoms with Gasteiger partial charge in [0.15, 0.2) is 11.5 Å². The first-order chi connectivity index (χ1) is 11.7. The minimum absolute atomic E-state index is 0.0167. The van der Waals surface area contributed by atoms with E-state index in [2.05, 4.69) is 11.4 Å². The van der Waals surface area contributed by atoms with Crippen LogP contribution in [0.15, 0.2) is 23.8 Å². The number of rotatable bonds is 8. The van der Waals surface area contributed by atoms with Gasteiger partial charge in [-0.15, -0.1) is 0 Å². The number of nitrogens with one attached hydrogen (secondary N) is 1. The van der Waals surface area contributed by atoms with E-state index in [1.54, 1.807) is 27.4 Å². The van der Waals surface area contributed by atoms with Gasteiger partial charge in [0.1, 0.15) is 0 Å². The SMILES string of the molecule is COc1ccc(CC(=O)NCCC2=CCCCC2)c(OC)c1OC. The first-order valence-electron chi connectivity index (χ1n) is 8.42. The predicted molar refractivity (Wildman–Crippen MR) is 94.0 cm³/mol. The van der Waals surface area contributed by atoms with E-state index in [1.165, 1.54) is 31.3 Å². The number of methoxy groups -OCH3 is 3. The Labute approximate surface area is 144 Å². The van der Waals surface area contributed by atoms with Crippen molar-refractivity contribution in [2.24, 2.45) is 0 Å². The molecular formula is C19H27NO4. The molecule has 0 bridgehead atoms. The highest BCUT2D eigenvalue weighted by Crippen LogP contribution is 2.39. The highest BCUT2D eigenvalue weighted by Gasteiger charge is 2.17. The minimum atomic E-state index is -0.0167. The monoisotopic (exact) mass is 333 g/mol. The quantitative estimate of drug-likeness (QED) is 0.742. The maximum atomic E-state index is 12.2. The van der Waals surface area contributed by atoms with E-state index in [9.17, 15) is 4.79 Å². The fourth-order valence-electron chi connectivity index (χ4n) is 3.03. The van der Waals surface area contributed by atoms with E-state index in [4.69, 9.17) is 14.2 Å². The highest BCUT2D eigenvalue weighted by atomic mass is 16.5. The Balaban J connectivity index is 1.94. The van der Waals surface area contributed by atoms with Crippen molar-refractivity contribution < 1.29 is 19.0 Å². The van der Waals surface area contributed by atoms with E-state index in [0.717, 1.165) is 12.0 Å². The average molecular weight is 333 g/mol. The van der Waals surface area contributed by atoms with Crippen molar-refractivity contribution in [2.45, 2.75) is 38.5 Å². The lowest BCUT2D eigenvalue weighted by Crippen LogP contribution is -2.26. The summed E-state index contributed by atoms with van der Waals surface area (Å²) < 4.78 is 16.0. The molecule has 1 N–H and O–H groups in total. The van der Waals surface area contributed by atoms with Crippen LogP contribution in [0.2, 0.25) is 0 Å². The van der Waals surface area contributed by atoms with Gasteiger partial charge < -0.3 is 19.5 Å². The molecule has 1 aliphatic rings. The molecule has 0 fully saturated rings. The van der Waals surface area contributed by atoms with Crippen LogP contribution >= 0.6 is 0 Å². The molecule has 0 spiro atoms. The van der Waals surface area contributed by atoms with Gasteiger partial charge in [0.2, 0.25) is 11.7 Å². The molecule has 132 valence electrons. The van der Waals surface area contributed by atoms with Crippen LogP contribution in [0.4, 0.5) is 0 Å². The molecule has 0 saturated heterocycles. The van der Waals surface area contributed by atoms with Crippen LogP contribution in [0, 0.1) is 0 Å². The summed E-state index contributed by atoms with van der Waals surface area (Å²) in [6, 6.07) is 3.63. The van der Waals surface area contributed by atoms with Crippen molar-refractivity contribution in [3.8, 4) is 17.2 Å². The third-order valence-corrected chi connectivity index (χ3v) is 4.29. The molecule has 5 heteroatoms. The second-order valence-corrected chi connectivity index (χ2v) is 5.88.